The van der Waals surface area contributed by atoms with E-state index in [0.717, 1.165) is 6.26 Å². The lowest BCUT2D eigenvalue weighted by molar-refractivity contribution is -0.190. The van der Waals surface area contributed by atoms with Crippen molar-refractivity contribution in [1.29, 1.82) is 0 Å². The third-order valence-electron chi connectivity index (χ3n) is 8.39. The van der Waals surface area contributed by atoms with Gasteiger partial charge in [-0.2, -0.15) is 0 Å². The van der Waals surface area contributed by atoms with Crippen LogP contribution in [-0.2, 0) is 30.8 Å². The molecule has 1 amide bonds. The highest BCUT2D eigenvalue weighted by Crippen LogP contribution is 2.52. The number of carbonyl (C=O) groups excluding carboxylic acids is 4. The van der Waals surface area contributed by atoms with Crippen LogP contribution in [0.4, 0.5) is 5.69 Å². The first kappa shape index (κ1) is 30.6. The molecule has 1 aromatic carbocycles. The lowest BCUT2D eigenvalue weighted by atomic mass is 9.52. The zero-order valence-corrected chi connectivity index (χ0v) is 24.2. The predicted molar refractivity (Wildman–Crippen MR) is 146 cm³/mol. The molecule has 1 aromatic rings. The van der Waals surface area contributed by atoms with Crippen molar-refractivity contribution >= 4 is 39.0 Å². The van der Waals surface area contributed by atoms with E-state index in [1.807, 2.05) is 0 Å². The predicted octanol–water partition coefficient (Wildman–Crippen LogP) is -2.37. The number of nitrogens with one attached hydrogen (secondary N) is 1. The summed E-state index contributed by atoms with van der Waals surface area (Å²) >= 11 is 0. The Hall–Kier alpha value is -3.35. The molecule has 4 rings (SSSR count). The summed E-state index contributed by atoms with van der Waals surface area (Å²) in [6, 6.07) is 0.570. The minimum Gasteiger partial charge on any atom is -0.506 e. The van der Waals surface area contributed by atoms with Gasteiger partial charge in [-0.1, -0.05) is 11.8 Å². The van der Waals surface area contributed by atoms with Gasteiger partial charge in [0.25, 0.3) is 0 Å². The molecule has 0 aromatic heterocycles. The van der Waals surface area contributed by atoms with Gasteiger partial charge in [0, 0.05) is 31.7 Å². The number of fused-ring (bicyclic) bond motifs is 3. The van der Waals surface area contributed by atoms with Crippen molar-refractivity contribution < 1.29 is 42.9 Å². The highest BCUT2D eigenvalue weighted by Gasteiger charge is 2.69. The summed E-state index contributed by atoms with van der Waals surface area (Å²) in [5, 5.41) is 33.8. The molecule has 0 saturated heterocycles. The number of aromatic hydroxyl groups is 1. The Morgan fingerprint density at radius 2 is 1.83 bits per heavy atom. The van der Waals surface area contributed by atoms with Crippen LogP contribution in [0.25, 0.3) is 0 Å². The van der Waals surface area contributed by atoms with Crippen molar-refractivity contribution in [2.24, 2.45) is 29.4 Å². The normalized spacial score (nSPS) is 31.1. The molecule has 41 heavy (non-hydrogen) atoms. The fraction of sp³-hybridized carbons (Fsp3) is 0.556. The smallest absolute Gasteiger partial charge is 0.230 e. The van der Waals surface area contributed by atoms with E-state index in [0.29, 0.717) is 11.3 Å². The van der Waals surface area contributed by atoms with Crippen LogP contribution in [0.3, 0.4) is 0 Å². The van der Waals surface area contributed by atoms with Crippen LogP contribution in [0.2, 0.25) is 0 Å². The number of ketones is 3. The minimum atomic E-state index is -3.51. The lowest BCUT2D eigenvalue weighted by Gasteiger charge is -2.55. The number of hydrogen-bond acceptors (Lipinski definition) is 11. The van der Waals surface area contributed by atoms with Crippen LogP contribution in [-0.4, -0.2) is 111 Å². The Morgan fingerprint density at radius 3 is 2.37 bits per heavy atom. The lowest BCUT2D eigenvalue weighted by Crippen LogP contribution is -2.75. The van der Waals surface area contributed by atoms with Crippen molar-refractivity contribution in [2.75, 3.05) is 45.9 Å². The van der Waals surface area contributed by atoms with Crippen LogP contribution in [0.1, 0.15) is 27.9 Å². The number of phenolic OH excluding ortho intramolecular Hbond substituents is 1. The van der Waals surface area contributed by atoms with Crippen molar-refractivity contribution in [1.82, 2.24) is 9.62 Å². The maximum absolute atomic E-state index is 14.0. The Bertz CT molecular complexity index is 1510. The Labute approximate surface area is 237 Å². The molecule has 7 atom stereocenters. The summed E-state index contributed by atoms with van der Waals surface area (Å²) in [4.78, 5) is 56.8. The quantitative estimate of drug-likeness (QED) is 0.181. The number of Topliss-reactive ketones (excluding diaryl/α,β-unsaturated/α-hetero) is 3. The van der Waals surface area contributed by atoms with Gasteiger partial charge < -0.3 is 30.9 Å². The third-order valence-corrected chi connectivity index (χ3v) is 9.06. The van der Waals surface area contributed by atoms with Crippen LogP contribution >= 0.6 is 0 Å². The number of anilines is 1. The fourth-order valence-electron chi connectivity index (χ4n) is 6.67. The van der Waals surface area contributed by atoms with Crippen molar-refractivity contribution in [3.8, 4) is 17.6 Å². The molecule has 3 aliphatic rings. The molecule has 0 aliphatic heterocycles. The van der Waals surface area contributed by atoms with Gasteiger partial charge in [0.2, 0.25) is 15.9 Å². The van der Waals surface area contributed by atoms with Gasteiger partial charge in [-0.15, -0.1) is 0 Å². The number of aliphatic hydroxyl groups is 2. The van der Waals surface area contributed by atoms with Gasteiger partial charge in [-0.3, -0.25) is 19.2 Å². The topological polar surface area (TPSA) is 208 Å². The van der Waals surface area contributed by atoms with Gasteiger partial charge in [0.05, 0.1) is 35.9 Å². The van der Waals surface area contributed by atoms with Crippen LogP contribution in [0.5, 0.6) is 5.75 Å². The largest absolute Gasteiger partial charge is 0.506 e. The van der Waals surface area contributed by atoms with Gasteiger partial charge in [0.15, 0.2) is 23.0 Å². The van der Waals surface area contributed by atoms with Crippen molar-refractivity contribution in [2.45, 2.75) is 30.6 Å². The monoisotopic (exact) mass is 590 g/mol. The number of sulfonamides is 1. The molecule has 0 heterocycles. The Morgan fingerprint density at radius 1 is 1.20 bits per heavy atom. The van der Waals surface area contributed by atoms with Crippen molar-refractivity contribution in [3.05, 3.63) is 22.8 Å². The molecular formula is C27H34N4O9S. The first-order valence-corrected chi connectivity index (χ1v) is 14.8. The van der Waals surface area contributed by atoms with E-state index in [-0.39, 0.29) is 30.5 Å². The molecule has 0 bridgehead atoms. The second-order valence-corrected chi connectivity index (χ2v) is 13.2. The maximum Gasteiger partial charge on any atom is 0.230 e. The van der Waals surface area contributed by atoms with E-state index in [1.54, 1.807) is 39.2 Å². The van der Waals surface area contributed by atoms with E-state index >= 15 is 0 Å². The summed E-state index contributed by atoms with van der Waals surface area (Å²) in [5.41, 5.74) is 3.48. The van der Waals surface area contributed by atoms with Crippen LogP contribution < -0.4 is 15.4 Å². The Kier molecular flexibility index (Phi) is 7.83. The minimum absolute atomic E-state index is 0.00155. The molecule has 3 aliphatic carbocycles. The molecule has 14 heteroatoms. The number of aliphatic hydroxyl groups excluding tert-OH is 1. The molecule has 3 unspecified atom stereocenters. The van der Waals surface area contributed by atoms with E-state index in [2.05, 4.69) is 16.6 Å². The molecule has 2 fully saturated rings. The summed E-state index contributed by atoms with van der Waals surface area (Å²) in [7, 11) is 3.09. The maximum atomic E-state index is 14.0. The molecular weight excluding hydrogens is 556 g/mol. The number of nitrogens with two attached hydrogens (primary N) is 1. The number of hydrogen-bond donors (Lipinski definition) is 5. The number of primary amides is 1. The summed E-state index contributed by atoms with van der Waals surface area (Å²) < 4.78 is 24.9. The molecule has 0 spiro atoms. The van der Waals surface area contributed by atoms with Crippen LogP contribution in [0.15, 0.2) is 6.07 Å². The third kappa shape index (κ3) is 4.91. The zero-order valence-electron chi connectivity index (χ0n) is 23.3. The zero-order chi connectivity index (χ0) is 30.8. The first-order chi connectivity index (χ1) is 18.9. The van der Waals surface area contributed by atoms with E-state index < -0.39 is 80.4 Å². The van der Waals surface area contributed by atoms with E-state index in [1.165, 1.54) is 4.90 Å². The van der Waals surface area contributed by atoms with Crippen molar-refractivity contribution in [3.63, 3.8) is 0 Å². The van der Waals surface area contributed by atoms with Gasteiger partial charge in [0.1, 0.15) is 11.7 Å². The molecule has 6 N–H and O–H groups in total. The van der Waals surface area contributed by atoms with Crippen LogP contribution in [0, 0.1) is 35.5 Å². The van der Waals surface area contributed by atoms with E-state index in [9.17, 15) is 42.9 Å². The average molecular weight is 591 g/mol. The number of carbonyl (C=O) groups is 4. The number of likely N-dealkylation sites (N-methyl/N-ethyl adjacent to an activating group) is 1. The second kappa shape index (κ2) is 10.5. The summed E-state index contributed by atoms with van der Waals surface area (Å²) in [5.74, 6) is -4.75. The summed E-state index contributed by atoms with van der Waals surface area (Å²) in [6.45, 7) is -0.250. The number of rotatable bonds is 5. The Balaban J connectivity index is 1.84. The van der Waals surface area contributed by atoms with Gasteiger partial charge >= 0.3 is 0 Å². The fourth-order valence-corrected chi connectivity index (χ4v) is 7.00. The SMILES string of the molecule is CN(C)c1cc(C#CCNS(C)(=O)=O)c(O)c2c1C[C@@H]1C[C@@H]3[C@@H](N(C)C)C(O)C(C(N)=O)C(=O)[C@]3(O)C(=O)C1C2=O. The number of benzene rings is 1. The molecule has 2 saturated carbocycles. The number of nitrogens with zero attached hydrogens (tertiary/aromatic N) is 2. The molecule has 222 valence electrons. The molecule has 0 radical (unpaired) electrons. The molecule has 13 nitrogen and oxygen atoms in total. The standard InChI is InChI=1S/C27H34N4O9S/c1-30(2)16-11-12(7-6-8-29-41(5,39)40)21(32)18-14(16)9-13-10-15-20(31(3)4)23(34)19(26(28)37)25(36)27(15,38)24(35)17(13)22(18)33/h11,13,15,17,19-20,23,29,32,34,38H,8-10H2,1-5H3,(H2,28,37)/t13-,15-,17?,19?,20-,23?,27-/m1/s1. The van der Waals surface area contributed by atoms with Gasteiger partial charge in [-0.25, -0.2) is 13.1 Å². The highest BCUT2D eigenvalue weighted by atomic mass is 32.2. The number of amides is 1. The van der Waals surface area contributed by atoms with E-state index in [4.69, 9.17) is 5.73 Å². The van der Waals surface area contributed by atoms with Gasteiger partial charge in [-0.05, 0) is 44.5 Å². The first-order valence-electron chi connectivity index (χ1n) is 12.9. The highest BCUT2D eigenvalue weighted by molar-refractivity contribution is 7.88. The number of phenols is 1. The average Bonchev–Trinajstić information content (AvgIpc) is 2.83. The second-order valence-electron chi connectivity index (χ2n) is 11.4. The summed E-state index contributed by atoms with van der Waals surface area (Å²) in [6.07, 6.45) is -0.468.